The number of aliphatic hydroxyl groups is 1. The number of fused-ring (bicyclic) bond motifs is 1. The second kappa shape index (κ2) is 6.40. The molecule has 0 bridgehead atoms. The third-order valence-electron chi connectivity index (χ3n) is 4.38. The van der Waals surface area contributed by atoms with Gasteiger partial charge in [0.2, 0.25) is 0 Å². The first-order valence-corrected chi connectivity index (χ1v) is 7.87. The molecule has 5 heteroatoms. The first-order valence-electron chi connectivity index (χ1n) is 7.87. The van der Waals surface area contributed by atoms with E-state index in [0.717, 1.165) is 13.0 Å². The van der Waals surface area contributed by atoms with Gasteiger partial charge in [0.15, 0.2) is 0 Å². The molecule has 0 spiro atoms. The van der Waals surface area contributed by atoms with E-state index in [1.807, 2.05) is 12.3 Å². The van der Waals surface area contributed by atoms with Gasteiger partial charge in [-0.25, -0.2) is 0 Å². The lowest BCUT2D eigenvalue weighted by molar-refractivity contribution is 0.152. The van der Waals surface area contributed by atoms with Crippen LogP contribution in [0.4, 0.5) is 11.4 Å². The molecule has 5 nitrogen and oxygen atoms in total. The molecule has 0 radical (unpaired) electrons. The number of rotatable bonds is 4. The summed E-state index contributed by atoms with van der Waals surface area (Å²) in [5.74, 6) is 0. The molecule has 1 aliphatic rings. The lowest BCUT2D eigenvalue weighted by Gasteiger charge is -2.32. The maximum Gasteiger partial charge on any atom is 0.0910 e. The van der Waals surface area contributed by atoms with Gasteiger partial charge in [-0.05, 0) is 31.5 Å². The number of nitrogens with zero attached hydrogens (tertiary/aromatic N) is 4. The van der Waals surface area contributed by atoms with Gasteiger partial charge in [0.05, 0.1) is 24.0 Å². The Morgan fingerprint density at radius 1 is 1.23 bits per heavy atom. The molecular formula is C17H24N4O. The van der Waals surface area contributed by atoms with E-state index in [1.165, 1.54) is 11.4 Å². The molecule has 1 aliphatic heterocycles. The first kappa shape index (κ1) is 14.9. The molecule has 0 amide bonds. The zero-order valence-electron chi connectivity index (χ0n) is 13.3. The Morgan fingerprint density at radius 3 is 2.73 bits per heavy atom. The highest BCUT2D eigenvalue weighted by Crippen LogP contribution is 2.33. The second-order valence-electron chi connectivity index (χ2n) is 6.08. The number of aromatic nitrogens is 2. The summed E-state index contributed by atoms with van der Waals surface area (Å²) in [5, 5.41) is 14.6. The molecule has 2 atom stereocenters. The smallest absolute Gasteiger partial charge is 0.0910 e. The Labute approximate surface area is 131 Å². The van der Waals surface area contributed by atoms with Crippen LogP contribution >= 0.6 is 0 Å². The Kier molecular flexibility index (Phi) is 4.34. The van der Waals surface area contributed by atoms with Crippen LogP contribution in [-0.2, 0) is 6.54 Å². The minimum atomic E-state index is -0.446. The van der Waals surface area contributed by atoms with Gasteiger partial charge >= 0.3 is 0 Å². The maximum atomic E-state index is 10.5. The van der Waals surface area contributed by atoms with E-state index in [4.69, 9.17) is 0 Å². The van der Waals surface area contributed by atoms with Crippen LogP contribution in [0.15, 0.2) is 42.7 Å². The number of hydrogen-bond acceptors (Lipinski definition) is 4. The number of benzene rings is 1. The second-order valence-corrected chi connectivity index (χ2v) is 6.08. The van der Waals surface area contributed by atoms with Crippen LogP contribution in [0.5, 0.6) is 0 Å². The molecule has 1 N–H and O–H groups in total. The number of β-amino-alcohol motifs (C(OH)–C–C–N with tert-alkyl or cyclic N) is 1. The molecule has 0 fully saturated rings. The number of para-hydroxylation sites is 2. The van der Waals surface area contributed by atoms with E-state index < -0.39 is 6.10 Å². The molecule has 0 saturated heterocycles. The van der Waals surface area contributed by atoms with Crippen LogP contribution in [0.3, 0.4) is 0 Å². The molecule has 0 aliphatic carbocycles. The molecule has 2 unspecified atom stereocenters. The highest BCUT2D eigenvalue weighted by Gasteiger charge is 2.25. The Hall–Kier alpha value is -2.01. The molecule has 3 rings (SSSR count). The van der Waals surface area contributed by atoms with Gasteiger partial charge in [0, 0.05) is 38.6 Å². The maximum absolute atomic E-state index is 10.5. The summed E-state index contributed by atoms with van der Waals surface area (Å²) in [6, 6.07) is 10.7. The average molecular weight is 300 g/mol. The van der Waals surface area contributed by atoms with E-state index in [2.05, 4.69) is 53.1 Å². The predicted octanol–water partition coefficient (Wildman–Crippen LogP) is 1.98. The molecule has 22 heavy (non-hydrogen) atoms. The molecule has 0 saturated carbocycles. The van der Waals surface area contributed by atoms with E-state index in [1.54, 1.807) is 10.9 Å². The van der Waals surface area contributed by atoms with Crippen LogP contribution in [-0.4, -0.2) is 47.2 Å². The monoisotopic (exact) mass is 300 g/mol. The van der Waals surface area contributed by atoms with Crippen LogP contribution in [0, 0.1) is 0 Å². The summed E-state index contributed by atoms with van der Waals surface area (Å²) in [7, 11) is 2.13. The Morgan fingerprint density at radius 2 is 2.00 bits per heavy atom. The Balaban J connectivity index is 1.80. The van der Waals surface area contributed by atoms with Crippen molar-refractivity contribution in [3.8, 4) is 0 Å². The van der Waals surface area contributed by atoms with E-state index in [0.29, 0.717) is 19.1 Å². The van der Waals surface area contributed by atoms with E-state index in [9.17, 15) is 5.11 Å². The fourth-order valence-electron chi connectivity index (χ4n) is 3.11. The van der Waals surface area contributed by atoms with Crippen molar-refractivity contribution in [2.75, 3.05) is 29.9 Å². The summed E-state index contributed by atoms with van der Waals surface area (Å²) in [5.41, 5.74) is 2.44. The molecule has 1 aromatic heterocycles. The van der Waals surface area contributed by atoms with Gasteiger partial charge in [-0.2, -0.15) is 5.10 Å². The van der Waals surface area contributed by atoms with Crippen molar-refractivity contribution in [1.82, 2.24) is 9.78 Å². The summed E-state index contributed by atoms with van der Waals surface area (Å²) in [6.07, 6.45) is 4.26. The standard InChI is InChI=1S/C17H24N4O/c1-14-8-11-19(2)16-6-3-4-7-17(16)21(14)13-15(22)12-20-10-5-9-18-20/h3-7,9-10,14-15,22H,8,11-13H2,1-2H3. The normalized spacial score (nSPS) is 19.7. The van der Waals surface area contributed by atoms with Crippen molar-refractivity contribution in [3.63, 3.8) is 0 Å². The van der Waals surface area contributed by atoms with Gasteiger partial charge in [-0.15, -0.1) is 0 Å². The van der Waals surface area contributed by atoms with Gasteiger partial charge in [-0.1, -0.05) is 12.1 Å². The van der Waals surface area contributed by atoms with Crippen LogP contribution in [0.25, 0.3) is 0 Å². The van der Waals surface area contributed by atoms with E-state index >= 15 is 0 Å². The summed E-state index contributed by atoms with van der Waals surface area (Å²) < 4.78 is 1.78. The van der Waals surface area contributed by atoms with Crippen LogP contribution in [0.1, 0.15) is 13.3 Å². The number of anilines is 2. The van der Waals surface area contributed by atoms with Gasteiger partial charge in [-0.3, -0.25) is 4.68 Å². The van der Waals surface area contributed by atoms with Crippen LogP contribution < -0.4 is 9.80 Å². The quantitative estimate of drug-likeness (QED) is 0.938. The fourth-order valence-corrected chi connectivity index (χ4v) is 3.11. The molecule has 2 aromatic rings. The van der Waals surface area contributed by atoms with Gasteiger partial charge < -0.3 is 14.9 Å². The number of hydrogen-bond donors (Lipinski definition) is 1. The Bertz CT molecular complexity index is 598. The van der Waals surface area contributed by atoms with Gasteiger partial charge in [0.25, 0.3) is 0 Å². The largest absolute Gasteiger partial charge is 0.389 e. The van der Waals surface area contributed by atoms with E-state index in [-0.39, 0.29) is 0 Å². The lowest BCUT2D eigenvalue weighted by Crippen LogP contribution is -2.40. The lowest BCUT2D eigenvalue weighted by atomic mass is 10.1. The summed E-state index contributed by atoms with van der Waals surface area (Å²) in [4.78, 5) is 4.62. The van der Waals surface area contributed by atoms with Gasteiger partial charge in [0.1, 0.15) is 0 Å². The fraction of sp³-hybridized carbons (Fsp3) is 0.471. The summed E-state index contributed by atoms with van der Waals surface area (Å²) in [6.45, 7) is 4.40. The van der Waals surface area contributed by atoms with Crippen molar-refractivity contribution in [1.29, 1.82) is 0 Å². The highest BCUT2D eigenvalue weighted by atomic mass is 16.3. The summed E-state index contributed by atoms with van der Waals surface area (Å²) >= 11 is 0. The first-order chi connectivity index (χ1) is 10.6. The van der Waals surface area contributed by atoms with Crippen molar-refractivity contribution in [2.45, 2.75) is 32.0 Å². The minimum absolute atomic E-state index is 0.401. The molecular weight excluding hydrogens is 276 g/mol. The van der Waals surface area contributed by atoms with Crippen molar-refractivity contribution in [3.05, 3.63) is 42.7 Å². The predicted molar refractivity (Wildman–Crippen MR) is 89.4 cm³/mol. The highest BCUT2D eigenvalue weighted by molar-refractivity contribution is 5.72. The zero-order valence-corrected chi connectivity index (χ0v) is 13.3. The van der Waals surface area contributed by atoms with Crippen LogP contribution in [0.2, 0.25) is 0 Å². The number of aliphatic hydroxyl groups excluding tert-OH is 1. The van der Waals surface area contributed by atoms with Crippen molar-refractivity contribution < 1.29 is 5.11 Å². The zero-order chi connectivity index (χ0) is 15.5. The third kappa shape index (κ3) is 3.09. The SMILES string of the molecule is CC1CCN(C)c2ccccc2N1CC(O)Cn1cccn1. The molecule has 2 heterocycles. The van der Waals surface area contributed by atoms with Crippen molar-refractivity contribution >= 4 is 11.4 Å². The topological polar surface area (TPSA) is 44.5 Å². The third-order valence-corrected chi connectivity index (χ3v) is 4.38. The average Bonchev–Trinajstić information content (AvgIpc) is 2.99. The molecule has 1 aromatic carbocycles. The van der Waals surface area contributed by atoms with Crippen molar-refractivity contribution in [2.24, 2.45) is 0 Å². The molecule has 118 valence electrons. The minimum Gasteiger partial charge on any atom is -0.389 e.